The molecule has 24 heavy (non-hydrogen) atoms. The van der Waals surface area contributed by atoms with Crippen molar-refractivity contribution in [2.45, 2.75) is 44.4 Å². The molecular weight excluding hydrogens is 302 g/mol. The predicted octanol–water partition coefficient (Wildman–Crippen LogP) is 2.47. The molecule has 1 aromatic rings. The monoisotopic (exact) mass is 331 g/mol. The number of hydrogen-bond acceptors (Lipinski definition) is 4. The van der Waals surface area contributed by atoms with E-state index in [0.717, 1.165) is 44.6 Å². The number of ether oxygens (including phenoxy) is 1. The minimum absolute atomic E-state index is 0.242. The van der Waals surface area contributed by atoms with Gasteiger partial charge in [0, 0.05) is 38.3 Å². The average molecular weight is 331 g/mol. The Morgan fingerprint density at radius 3 is 2.67 bits per heavy atom. The predicted molar refractivity (Wildman–Crippen MR) is 94.9 cm³/mol. The maximum absolute atomic E-state index is 12.1. The van der Waals surface area contributed by atoms with E-state index in [9.17, 15) is 4.79 Å². The normalized spacial score (nSPS) is 26.0. The molecule has 3 rings (SSSR count). The third-order valence-electron chi connectivity index (χ3n) is 5.24. The molecule has 0 radical (unpaired) electrons. The van der Waals surface area contributed by atoms with Crippen LogP contribution in [0.1, 0.15) is 31.2 Å². The van der Waals surface area contributed by atoms with Gasteiger partial charge < -0.3 is 15.0 Å². The lowest BCUT2D eigenvalue weighted by Crippen LogP contribution is -2.52. The Bertz CT molecular complexity index is 515. The Balaban J connectivity index is 1.42. The molecule has 2 aliphatic rings. The van der Waals surface area contributed by atoms with Crippen LogP contribution < -0.4 is 5.32 Å². The van der Waals surface area contributed by atoms with Crippen LogP contribution in [0, 0.1) is 0 Å². The van der Waals surface area contributed by atoms with Gasteiger partial charge in [-0.1, -0.05) is 30.3 Å². The molecule has 1 aromatic carbocycles. The summed E-state index contributed by atoms with van der Waals surface area (Å²) >= 11 is 0. The van der Waals surface area contributed by atoms with Crippen LogP contribution in [-0.2, 0) is 11.3 Å². The molecule has 0 spiro atoms. The molecule has 0 bridgehead atoms. The fraction of sp³-hybridized carbons (Fsp3) is 0.632. The fourth-order valence-corrected chi connectivity index (χ4v) is 3.75. The summed E-state index contributed by atoms with van der Waals surface area (Å²) < 4.78 is 5.36. The molecule has 1 saturated heterocycles. The van der Waals surface area contributed by atoms with E-state index in [-0.39, 0.29) is 12.1 Å². The number of alkyl carbamates (subject to hydrolysis) is 1. The Morgan fingerprint density at radius 2 is 1.92 bits per heavy atom. The largest absolute Gasteiger partial charge is 0.445 e. The summed E-state index contributed by atoms with van der Waals surface area (Å²) in [7, 11) is 2.19. The smallest absolute Gasteiger partial charge is 0.407 e. The van der Waals surface area contributed by atoms with Gasteiger partial charge in [0.05, 0.1) is 0 Å². The van der Waals surface area contributed by atoms with Crippen molar-refractivity contribution < 1.29 is 9.53 Å². The van der Waals surface area contributed by atoms with E-state index in [1.165, 1.54) is 12.8 Å². The van der Waals surface area contributed by atoms with E-state index in [1.54, 1.807) is 0 Å². The van der Waals surface area contributed by atoms with E-state index in [1.807, 2.05) is 30.3 Å². The summed E-state index contributed by atoms with van der Waals surface area (Å²) in [6.45, 7) is 4.92. The zero-order valence-corrected chi connectivity index (χ0v) is 14.6. The van der Waals surface area contributed by atoms with Crippen molar-refractivity contribution in [2.24, 2.45) is 0 Å². The summed E-state index contributed by atoms with van der Waals surface area (Å²) in [5.74, 6) is 0. The Kier molecular flexibility index (Phi) is 6.10. The van der Waals surface area contributed by atoms with E-state index < -0.39 is 0 Å². The van der Waals surface area contributed by atoms with Crippen LogP contribution in [0.5, 0.6) is 0 Å². The maximum atomic E-state index is 12.1. The molecule has 1 aliphatic carbocycles. The van der Waals surface area contributed by atoms with Crippen molar-refractivity contribution >= 4 is 6.09 Å². The molecule has 1 N–H and O–H groups in total. The summed E-state index contributed by atoms with van der Waals surface area (Å²) in [5.41, 5.74) is 1.02. The van der Waals surface area contributed by atoms with Gasteiger partial charge in [-0.05, 0) is 38.3 Å². The lowest BCUT2D eigenvalue weighted by Gasteiger charge is -2.41. The summed E-state index contributed by atoms with van der Waals surface area (Å²) in [6, 6.07) is 10.7. The van der Waals surface area contributed by atoms with Gasteiger partial charge in [0.25, 0.3) is 0 Å². The minimum atomic E-state index is -0.289. The topological polar surface area (TPSA) is 44.8 Å². The van der Waals surface area contributed by atoms with Crippen molar-refractivity contribution in [3.63, 3.8) is 0 Å². The second-order valence-corrected chi connectivity index (χ2v) is 7.06. The van der Waals surface area contributed by atoms with E-state index in [4.69, 9.17) is 4.74 Å². The van der Waals surface area contributed by atoms with Crippen molar-refractivity contribution in [1.29, 1.82) is 0 Å². The number of hydrogen-bond donors (Lipinski definition) is 1. The van der Waals surface area contributed by atoms with Gasteiger partial charge in [0.15, 0.2) is 0 Å². The van der Waals surface area contributed by atoms with Gasteiger partial charge in [0.2, 0.25) is 0 Å². The van der Waals surface area contributed by atoms with Crippen LogP contribution in [0.4, 0.5) is 4.79 Å². The molecule has 5 nitrogen and oxygen atoms in total. The molecule has 1 amide bonds. The molecule has 132 valence electrons. The third-order valence-corrected chi connectivity index (χ3v) is 5.24. The zero-order chi connectivity index (χ0) is 16.8. The first-order valence-corrected chi connectivity index (χ1v) is 9.10. The number of piperazine rings is 1. The Hall–Kier alpha value is -1.59. The molecule has 1 saturated carbocycles. The van der Waals surface area contributed by atoms with Gasteiger partial charge in [-0.3, -0.25) is 4.90 Å². The standard InChI is InChI=1S/C19H29N3O2/c1-21-10-12-22(13-11-21)18-9-5-8-17(14-18)20-19(23)24-15-16-6-3-2-4-7-16/h2-4,6-7,17-18H,5,8-15H2,1H3,(H,20,23)/t17?,18-/m1/s1. The SMILES string of the molecule is CN1CCN([C@@H]2CCCC(NC(=O)OCc3ccccc3)C2)CC1. The number of carbonyl (C=O) groups excluding carboxylic acids is 1. The molecule has 0 aromatic heterocycles. The van der Waals surface area contributed by atoms with Gasteiger partial charge in [-0.15, -0.1) is 0 Å². The third kappa shape index (κ3) is 4.95. The zero-order valence-electron chi connectivity index (χ0n) is 14.6. The summed E-state index contributed by atoms with van der Waals surface area (Å²) in [4.78, 5) is 17.0. The van der Waals surface area contributed by atoms with E-state index in [2.05, 4.69) is 22.2 Å². The number of nitrogens with zero attached hydrogens (tertiary/aromatic N) is 2. The molecule has 1 aliphatic heterocycles. The first-order chi connectivity index (χ1) is 11.7. The Labute approximate surface area is 145 Å². The van der Waals surface area contributed by atoms with E-state index in [0.29, 0.717) is 12.6 Å². The van der Waals surface area contributed by atoms with Gasteiger partial charge in [-0.2, -0.15) is 0 Å². The number of nitrogens with one attached hydrogen (secondary N) is 1. The molecule has 1 heterocycles. The first kappa shape index (κ1) is 17.2. The van der Waals surface area contributed by atoms with Crippen LogP contribution in [0.2, 0.25) is 0 Å². The van der Waals surface area contributed by atoms with E-state index >= 15 is 0 Å². The highest BCUT2D eigenvalue weighted by atomic mass is 16.5. The maximum Gasteiger partial charge on any atom is 0.407 e. The average Bonchev–Trinajstić information content (AvgIpc) is 2.62. The van der Waals surface area contributed by atoms with Gasteiger partial charge >= 0.3 is 6.09 Å². The van der Waals surface area contributed by atoms with Crippen LogP contribution in [0.15, 0.2) is 30.3 Å². The quantitative estimate of drug-likeness (QED) is 0.921. The summed E-state index contributed by atoms with van der Waals surface area (Å²) in [6.07, 6.45) is 4.25. The lowest BCUT2D eigenvalue weighted by atomic mass is 9.89. The van der Waals surface area contributed by atoms with Crippen LogP contribution in [-0.4, -0.2) is 61.2 Å². The van der Waals surface area contributed by atoms with Crippen molar-refractivity contribution in [3.05, 3.63) is 35.9 Å². The number of rotatable bonds is 4. The fourth-order valence-electron chi connectivity index (χ4n) is 3.75. The number of amides is 1. The molecule has 1 unspecified atom stereocenters. The molecular formula is C19H29N3O2. The number of likely N-dealkylation sites (N-methyl/N-ethyl adjacent to an activating group) is 1. The second kappa shape index (κ2) is 8.49. The van der Waals surface area contributed by atoms with Crippen LogP contribution >= 0.6 is 0 Å². The highest BCUT2D eigenvalue weighted by Crippen LogP contribution is 2.24. The van der Waals surface area contributed by atoms with Crippen LogP contribution in [0.25, 0.3) is 0 Å². The molecule has 5 heteroatoms. The number of carbonyl (C=O) groups is 1. The van der Waals surface area contributed by atoms with Crippen LogP contribution in [0.3, 0.4) is 0 Å². The second-order valence-electron chi connectivity index (χ2n) is 7.06. The first-order valence-electron chi connectivity index (χ1n) is 9.10. The highest BCUT2D eigenvalue weighted by molar-refractivity contribution is 5.67. The van der Waals surface area contributed by atoms with Gasteiger partial charge in [-0.25, -0.2) is 4.79 Å². The van der Waals surface area contributed by atoms with Crippen molar-refractivity contribution in [2.75, 3.05) is 33.2 Å². The lowest BCUT2D eigenvalue weighted by molar-refractivity contribution is 0.0794. The number of benzene rings is 1. The molecule has 2 fully saturated rings. The summed E-state index contributed by atoms with van der Waals surface area (Å²) in [5, 5.41) is 3.07. The Morgan fingerprint density at radius 1 is 1.17 bits per heavy atom. The van der Waals surface area contributed by atoms with Crippen molar-refractivity contribution in [1.82, 2.24) is 15.1 Å². The minimum Gasteiger partial charge on any atom is -0.445 e. The van der Waals surface area contributed by atoms with Crippen molar-refractivity contribution in [3.8, 4) is 0 Å². The highest BCUT2D eigenvalue weighted by Gasteiger charge is 2.29. The molecule has 2 atom stereocenters. The van der Waals surface area contributed by atoms with Gasteiger partial charge in [0.1, 0.15) is 6.61 Å².